The topological polar surface area (TPSA) is 71.1 Å². The van der Waals surface area contributed by atoms with Crippen LogP contribution in [0.5, 0.6) is 0 Å². The van der Waals surface area contributed by atoms with Crippen molar-refractivity contribution in [3.8, 4) is 0 Å². The average molecular weight is 351 g/mol. The SMILES string of the molecule is CCCNC(=O)c1cncc(C(=O)Nc2ccc(C(F)(F)F)cc2)c1. The zero-order chi connectivity index (χ0) is 18.4. The van der Waals surface area contributed by atoms with Crippen LogP contribution in [0.3, 0.4) is 0 Å². The van der Waals surface area contributed by atoms with Crippen LogP contribution in [0.2, 0.25) is 0 Å². The molecule has 2 rings (SSSR count). The van der Waals surface area contributed by atoms with Gasteiger partial charge in [-0.2, -0.15) is 13.2 Å². The molecule has 1 aromatic carbocycles. The van der Waals surface area contributed by atoms with Crippen LogP contribution in [-0.4, -0.2) is 23.3 Å². The number of pyridine rings is 1. The van der Waals surface area contributed by atoms with E-state index in [1.165, 1.54) is 18.5 Å². The van der Waals surface area contributed by atoms with Crippen LogP contribution in [0.25, 0.3) is 0 Å². The quantitative estimate of drug-likeness (QED) is 0.866. The van der Waals surface area contributed by atoms with Crippen LogP contribution in [-0.2, 0) is 6.18 Å². The van der Waals surface area contributed by atoms with Gasteiger partial charge in [-0.1, -0.05) is 6.92 Å². The minimum absolute atomic E-state index is 0.129. The van der Waals surface area contributed by atoms with Crippen molar-refractivity contribution in [3.63, 3.8) is 0 Å². The molecule has 2 N–H and O–H groups in total. The van der Waals surface area contributed by atoms with Crippen LogP contribution in [0.15, 0.2) is 42.7 Å². The molecule has 0 saturated carbocycles. The molecule has 5 nitrogen and oxygen atoms in total. The maximum absolute atomic E-state index is 12.5. The molecule has 0 fully saturated rings. The molecule has 0 radical (unpaired) electrons. The molecule has 1 aromatic heterocycles. The fourth-order valence-corrected chi connectivity index (χ4v) is 1.97. The molecule has 0 saturated heterocycles. The Morgan fingerprint density at radius 1 is 1.04 bits per heavy atom. The Kier molecular flexibility index (Phi) is 5.74. The van der Waals surface area contributed by atoms with Crippen LogP contribution in [0, 0.1) is 0 Å². The van der Waals surface area contributed by atoms with E-state index in [4.69, 9.17) is 0 Å². The molecule has 0 atom stereocenters. The summed E-state index contributed by atoms with van der Waals surface area (Å²) >= 11 is 0. The highest BCUT2D eigenvalue weighted by atomic mass is 19.4. The molecule has 0 unspecified atom stereocenters. The van der Waals surface area contributed by atoms with E-state index in [1.807, 2.05) is 6.92 Å². The fraction of sp³-hybridized carbons (Fsp3) is 0.235. The van der Waals surface area contributed by atoms with E-state index in [0.29, 0.717) is 6.54 Å². The predicted octanol–water partition coefficient (Wildman–Crippen LogP) is 3.49. The summed E-state index contributed by atoms with van der Waals surface area (Å²) < 4.78 is 37.6. The van der Waals surface area contributed by atoms with E-state index in [9.17, 15) is 22.8 Å². The average Bonchev–Trinajstić information content (AvgIpc) is 2.59. The number of aromatic nitrogens is 1. The van der Waals surface area contributed by atoms with Gasteiger partial charge in [-0.3, -0.25) is 14.6 Å². The van der Waals surface area contributed by atoms with Crippen molar-refractivity contribution in [1.29, 1.82) is 0 Å². The number of benzene rings is 1. The Morgan fingerprint density at radius 3 is 2.20 bits per heavy atom. The monoisotopic (exact) mass is 351 g/mol. The highest BCUT2D eigenvalue weighted by Gasteiger charge is 2.30. The third-order valence-corrected chi connectivity index (χ3v) is 3.27. The molecule has 2 aromatic rings. The lowest BCUT2D eigenvalue weighted by molar-refractivity contribution is -0.137. The van der Waals surface area contributed by atoms with Crippen LogP contribution in [0.4, 0.5) is 18.9 Å². The van der Waals surface area contributed by atoms with Crippen molar-refractivity contribution in [2.24, 2.45) is 0 Å². The fourth-order valence-electron chi connectivity index (χ4n) is 1.97. The van der Waals surface area contributed by atoms with Gasteiger partial charge < -0.3 is 10.6 Å². The zero-order valence-electron chi connectivity index (χ0n) is 13.4. The zero-order valence-corrected chi connectivity index (χ0v) is 13.4. The van der Waals surface area contributed by atoms with E-state index in [1.54, 1.807) is 0 Å². The molecular formula is C17H16F3N3O2. The number of nitrogens with one attached hydrogen (secondary N) is 2. The molecule has 2 amide bonds. The Bertz CT molecular complexity index is 758. The van der Waals surface area contributed by atoms with E-state index < -0.39 is 17.6 Å². The minimum atomic E-state index is -4.44. The Balaban J connectivity index is 2.09. The summed E-state index contributed by atoms with van der Waals surface area (Å²) in [6.07, 6.45) is -1.06. The number of carbonyl (C=O) groups excluding carboxylic acids is 2. The van der Waals surface area contributed by atoms with Gasteiger partial charge in [0, 0.05) is 24.6 Å². The number of halogens is 3. The molecule has 0 aliphatic heterocycles. The standard InChI is InChI=1S/C17H16F3N3O2/c1-2-7-22-15(24)11-8-12(10-21-9-11)16(25)23-14-5-3-13(4-6-14)17(18,19)20/h3-6,8-10H,2,7H2,1H3,(H,22,24)(H,23,25). The van der Waals surface area contributed by atoms with Gasteiger partial charge in [-0.15, -0.1) is 0 Å². The van der Waals surface area contributed by atoms with Crippen LogP contribution in [0.1, 0.15) is 39.6 Å². The number of nitrogens with zero attached hydrogens (tertiary/aromatic N) is 1. The molecule has 25 heavy (non-hydrogen) atoms. The summed E-state index contributed by atoms with van der Waals surface area (Å²) in [5.41, 5.74) is -0.238. The summed E-state index contributed by atoms with van der Waals surface area (Å²) in [6, 6.07) is 5.44. The summed E-state index contributed by atoms with van der Waals surface area (Å²) in [5.74, 6) is -0.920. The molecular weight excluding hydrogens is 335 g/mol. The van der Waals surface area contributed by atoms with Gasteiger partial charge >= 0.3 is 6.18 Å². The number of rotatable bonds is 5. The first-order valence-electron chi connectivity index (χ1n) is 7.53. The van der Waals surface area contributed by atoms with Crippen molar-refractivity contribution in [2.45, 2.75) is 19.5 Å². The third kappa shape index (κ3) is 5.03. The highest BCUT2D eigenvalue weighted by molar-refractivity contribution is 6.05. The van der Waals surface area contributed by atoms with Crippen molar-refractivity contribution in [2.75, 3.05) is 11.9 Å². The normalized spacial score (nSPS) is 11.0. The Labute approximate surface area is 142 Å². The number of hydrogen-bond acceptors (Lipinski definition) is 3. The second-order valence-corrected chi connectivity index (χ2v) is 5.25. The van der Waals surface area contributed by atoms with Gasteiger partial charge in [0.25, 0.3) is 11.8 Å². The first-order chi connectivity index (χ1) is 11.8. The van der Waals surface area contributed by atoms with Crippen molar-refractivity contribution >= 4 is 17.5 Å². The highest BCUT2D eigenvalue weighted by Crippen LogP contribution is 2.29. The van der Waals surface area contributed by atoms with E-state index in [-0.39, 0.29) is 22.7 Å². The van der Waals surface area contributed by atoms with Gasteiger partial charge in [0.05, 0.1) is 16.7 Å². The lowest BCUT2D eigenvalue weighted by Crippen LogP contribution is -2.24. The lowest BCUT2D eigenvalue weighted by Gasteiger charge is -2.09. The van der Waals surface area contributed by atoms with Gasteiger partial charge in [0.15, 0.2) is 0 Å². The van der Waals surface area contributed by atoms with E-state index >= 15 is 0 Å². The molecule has 8 heteroatoms. The van der Waals surface area contributed by atoms with E-state index in [0.717, 1.165) is 30.7 Å². The summed E-state index contributed by atoms with van der Waals surface area (Å²) in [6.45, 7) is 2.41. The first kappa shape index (κ1) is 18.4. The van der Waals surface area contributed by atoms with Crippen molar-refractivity contribution in [3.05, 3.63) is 59.4 Å². The number of alkyl halides is 3. The molecule has 0 aliphatic carbocycles. The summed E-state index contributed by atoms with van der Waals surface area (Å²) in [7, 11) is 0. The third-order valence-electron chi connectivity index (χ3n) is 3.27. The number of amides is 2. The molecule has 0 aliphatic rings. The maximum Gasteiger partial charge on any atom is 0.416 e. The number of carbonyl (C=O) groups is 2. The Hall–Kier alpha value is -2.90. The van der Waals surface area contributed by atoms with Crippen molar-refractivity contribution in [1.82, 2.24) is 10.3 Å². The number of anilines is 1. The molecule has 132 valence electrons. The summed E-state index contributed by atoms with van der Waals surface area (Å²) in [4.78, 5) is 27.9. The molecule has 0 spiro atoms. The molecule has 0 bridgehead atoms. The smallest absolute Gasteiger partial charge is 0.352 e. The lowest BCUT2D eigenvalue weighted by atomic mass is 10.1. The first-order valence-corrected chi connectivity index (χ1v) is 7.53. The number of hydrogen-bond donors (Lipinski definition) is 2. The largest absolute Gasteiger partial charge is 0.416 e. The van der Waals surface area contributed by atoms with Crippen LogP contribution < -0.4 is 10.6 Å². The van der Waals surface area contributed by atoms with Gasteiger partial charge in [0.1, 0.15) is 0 Å². The van der Waals surface area contributed by atoms with Gasteiger partial charge in [-0.25, -0.2) is 0 Å². The van der Waals surface area contributed by atoms with Gasteiger partial charge in [-0.05, 0) is 36.8 Å². The predicted molar refractivity (Wildman–Crippen MR) is 86.3 cm³/mol. The van der Waals surface area contributed by atoms with E-state index in [2.05, 4.69) is 15.6 Å². The van der Waals surface area contributed by atoms with Crippen LogP contribution >= 0.6 is 0 Å². The minimum Gasteiger partial charge on any atom is -0.352 e. The molecule has 1 heterocycles. The summed E-state index contributed by atoms with van der Waals surface area (Å²) in [5, 5.41) is 5.14. The second-order valence-electron chi connectivity index (χ2n) is 5.25. The maximum atomic E-state index is 12.5. The Morgan fingerprint density at radius 2 is 1.64 bits per heavy atom. The van der Waals surface area contributed by atoms with Gasteiger partial charge in [0.2, 0.25) is 0 Å². The van der Waals surface area contributed by atoms with Crippen molar-refractivity contribution < 1.29 is 22.8 Å². The second kappa shape index (κ2) is 7.78.